The molecule has 0 aliphatic heterocycles. The van der Waals surface area contributed by atoms with Crippen LogP contribution in [-0.4, -0.2) is 30.8 Å². The van der Waals surface area contributed by atoms with Gasteiger partial charge in [-0.1, -0.05) is 53.0 Å². The van der Waals surface area contributed by atoms with Crippen molar-refractivity contribution in [3.05, 3.63) is 68.0 Å². The average molecular weight is 457 g/mol. The van der Waals surface area contributed by atoms with E-state index in [0.29, 0.717) is 14.9 Å². The maximum Gasteiger partial charge on any atom is 0.325 e. The molecule has 5 nitrogen and oxygen atoms in total. The Kier molecular flexibility index (Phi) is 6.57. The number of esters is 1. The minimum Gasteiger partial charge on any atom is -0.456 e. The molecule has 3 aromatic rings. The van der Waals surface area contributed by atoms with E-state index in [1.807, 2.05) is 24.3 Å². The summed E-state index contributed by atoms with van der Waals surface area (Å²) in [6.45, 7) is -0.898. The number of nitrogens with one attached hydrogen (secondary N) is 1. The normalized spacial score (nSPS) is 10.7. The van der Waals surface area contributed by atoms with Crippen LogP contribution in [0.2, 0.25) is 15.1 Å². The number of amides is 1. The van der Waals surface area contributed by atoms with Crippen LogP contribution in [0, 0.1) is 0 Å². The Balaban J connectivity index is 1.54. The van der Waals surface area contributed by atoms with Crippen molar-refractivity contribution in [3.63, 3.8) is 0 Å². The Bertz CT molecular complexity index is 1080. The highest BCUT2D eigenvalue weighted by molar-refractivity contribution is 7.21. The Morgan fingerprint density at radius 2 is 1.79 bits per heavy atom. The molecule has 3 rings (SSSR count). The highest BCUT2D eigenvalue weighted by Gasteiger charge is 2.18. The van der Waals surface area contributed by atoms with Crippen LogP contribution < -0.4 is 5.32 Å². The number of Topliss-reactive ketones (excluding diaryl/α,β-unsaturated/α-hetero) is 1. The van der Waals surface area contributed by atoms with Crippen molar-refractivity contribution in [2.45, 2.75) is 0 Å². The monoisotopic (exact) mass is 455 g/mol. The molecule has 0 saturated carbocycles. The van der Waals surface area contributed by atoms with Gasteiger partial charge < -0.3 is 10.1 Å². The molecule has 0 radical (unpaired) electrons. The van der Waals surface area contributed by atoms with E-state index in [0.717, 1.165) is 10.1 Å². The topological polar surface area (TPSA) is 72.5 Å². The first-order chi connectivity index (χ1) is 13.4. The van der Waals surface area contributed by atoms with E-state index in [2.05, 4.69) is 5.32 Å². The van der Waals surface area contributed by atoms with Gasteiger partial charge in [0.2, 0.25) is 5.78 Å². The van der Waals surface area contributed by atoms with E-state index in [4.69, 9.17) is 39.5 Å². The van der Waals surface area contributed by atoms with E-state index in [1.165, 1.54) is 29.5 Å². The second-order valence-corrected chi connectivity index (χ2v) is 7.91. The molecule has 144 valence electrons. The predicted octanol–water partition coefficient (Wildman–Crippen LogP) is 5.02. The minimum absolute atomic E-state index is 0.168. The van der Waals surface area contributed by atoms with Crippen LogP contribution in [0.25, 0.3) is 10.1 Å². The molecule has 0 spiro atoms. The summed E-state index contributed by atoms with van der Waals surface area (Å²) in [4.78, 5) is 36.5. The minimum atomic E-state index is -0.760. The molecule has 0 fully saturated rings. The molecular weight excluding hydrogens is 445 g/mol. The number of thiophene rings is 1. The van der Waals surface area contributed by atoms with Crippen molar-refractivity contribution in [2.24, 2.45) is 0 Å². The van der Waals surface area contributed by atoms with Crippen LogP contribution in [0.3, 0.4) is 0 Å². The van der Waals surface area contributed by atoms with E-state index < -0.39 is 30.8 Å². The quantitative estimate of drug-likeness (QED) is 0.418. The van der Waals surface area contributed by atoms with Gasteiger partial charge in [0.25, 0.3) is 5.91 Å². The highest BCUT2D eigenvalue weighted by atomic mass is 35.5. The molecule has 1 amide bonds. The zero-order valence-corrected chi connectivity index (χ0v) is 17.2. The number of fused-ring (bicyclic) bond motifs is 1. The molecule has 0 aliphatic carbocycles. The van der Waals surface area contributed by atoms with Crippen LogP contribution in [0.15, 0.2) is 42.5 Å². The summed E-state index contributed by atoms with van der Waals surface area (Å²) in [5, 5.41) is 4.10. The first-order valence-electron chi connectivity index (χ1n) is 7.96. The second-order valence-electron chi connectivity index (χ2n) is 5.63. The van der Waals surface area contributed by atoms with Crippen molar-refractivity contribution in [3.8, 4) is 0 Å². The largest absolute Gasteiger partial charge is 0.456 e. The highest BCUT2D eigenvalue weighted by Crippen LogP contribution is 2.34. The van der Waals surface area contributed by atoms with E-state index in [-0.39, 0.29) is 10.6 Å². The van der Waals surface area contributed by atoms with Gasteiger partial charge in [0.15, 0.2) is 6.61 Å². The number of hydrogen-bond donors (Lipinski definition) is 1. The average Bonchev–Trinajstić information content (AvgIpc) is 3.01. The van der Waals surface area contributed by atoms with Gasteiger partial charge in [0.1, 0.15) is 11.4 Å². The molecule has 0 aliphatic rings. The first-order valence-corrected chi connectivity index (χ1v) is 9.91. The van der Waals surface area contributed by atoms with Crippen LogP contribution in [0.4, 0.5) is 0 Å². The number of halogens is 3. The third-order valence-corrected chi connectivity index (χ3v) is 5.95. The van der Waals surface area contributed by atoms with Gasteiger partial charge in [-0.2, -0.15) is 0 Å². The van der Waals surface area contributed by atoms with Gasteiger partial charge in [0.05, 0.1) is 10.0 Å². The van der Waals surface area contributed by atoms with Gasteiger partial charge in [-0.25, -0.2) is 0 Å². The molecule has 0 unspecified atom stereocenters. The van der Waals surface area contributed by atoms with E-state index >= 15 is 0 Å². The van der Waals surface area contributed by atoms with Crippen molar-refractivity contribution in [1.82, 2.24) is 5.32 Å². The SMILES string of the molecule is O=C(CNC(=O)c1sc2ccccc2c1Cl)OCC(=O)c1ccc(Cl)cc1Cl. The number of hydrogen-bond acceptors (Lipinski definition) is 5. The zero-order chi connectivity index (χ0) is 20.3. The van der Waals surface area contributed by atoms with E-state index in [1.54, 1.807) is 0 Å². The molecule has 9 heteroatoms. The maximum absolute atomic E-state index is 12.3. The Morgan fingerprint density at radius 1 is 1.04 bits per heavy atom. The summed E-state index contributed by atoms with van der Waals surface area (Å²) in [5.74, 6) is -1.73. The number of ether oxygens (including phenoxy) is 1. The maximum atomic E-state index is 12.3. The van der Waals surface area contributed by atoms with Gasteiger partial charge in [-0.05, 0) is 24.3 Å². The molecule has 1 heterocycles. The first kappa shape index (κ1) is 20.6. The fourth-order valence-corrected chi connectivity index (χ4v) is 4.33. The summed E-state index contributed by atoms with van der Waals surface area (Å²) in [7, 11) is 0. The van der Waals surface area contributed by atoms with Crippen LogP contribution >= 0.6 is 46.1 Å². The lowest BCUT2D eigenvalue weighted by Gasteiger charge is -2.07. The van der Waals surface area contributed by atoms with Gasteiger partial charge in [-0.3, -0.25) is 14.4 Å². The van der Waals surface area contributed by atoms with Crippen LogP contribution in [0.5, 0.6) is 0 Å². The van der Waals surface area contributed by atoms with Crippen molar-refractivity contribution >= 4 is 73.9 Å². The van der Waals surface area contributed by atoms with Crippen LogP contribution in [0.1, 0.15) is 20.0 Å². The molecule has 0 bridgehead atoms. The molecule has 1 N–H and O–H groups in total. The summed E-state index contributed by atoms with van der Waals surface area (Å²) >= 11 is 19.2. The van der Waals surface area contributed by atoms with Crippen molar-refractivity contribution in [1.29, 1.82) is 0 Å². The number of carbonyl (C=O) groups is 3. The smallest absolute Gasteiger partial charge is 0.325 e. The van der Waals surface area contributed by atoms with Crippen molar-refractivity contribution in [2.75, 3.05) is 13.2 Å². The lowest BCUT2D eigenvalue weighted by atomic mass is 10.1. The molecule has 1 aromatic heterocycles. The number of carbonyl (C=O) groups excluding carboxylic acids is 3. The second kappa shape index (κ2) is 8.92. The lowest BCUT2D eigenvalue weighted by molar-refractivity contribution is -0.141. The van der Waals surface area contributed by atoms with Gasteiger partial charge in [0, 0.05) is 20.7 Å². The Morgan fingerprint density at radius 3 is 2.50 bits per heavy atom. The van der Waals surface area contributed by atoms with Crippen LogP contribution in [-0.2, 0) is 9.53 Å². The third-order valence-electron chi connectivity index (χ3n) is 3.73. The molecular formula is C19H12Cl3NO4S. The fraction of sp³-hybridized carbons (Fsp3) is 0.105. The number of ketones is 1. The lowest BCUT2D eigenvalue weighted by Crippen LogP contribution is -2.31. The Labute approximate surface area is 179 Å². The van der Waals surface area contributed by atoms with Gasteiger partial charge >= 0.3 is 5.97 Å². The van der Waals surface area contributed by atoms with E-state index in [9.17, 15) is 14.4 Å². The summed E-state index contributed by atoms with van der Waals surface area (Å²) < 4.78 is 5.76. The fourth-order valence-electron chi connectivity index (χ4n) is 2.38. The number of benzene rings is 2. The Hall–Kier alpha value is -2.12. The molecule has 2 aromatic carbocycles. The summed E-state index contributed by atoms with van der Waals surface area (Å²) in [6, 6.07) is 11.7. The molecule has 28 heavy (non-hydrogen) atoms. The number of rotatable bonds is 6. The standard InChI is InChI=1S/C19H12Cl3NO4S/c20-10-5-6-11(13(21)7-10)14(24)9-27-16(25)8-23-19(26)18-17(22)12-3-1-2-4-15(12)28-18/h1-7H,8-9H2,(H,23,26). The van der Waals surface area contributed by atoms with Crippen molar-refractivity contribution < 1.29 is 19.1 Å². The van der Waals surface area contributed by atoms with Gasteiger partial charge in [-0.15, -0.1) is 11.3 Å². The molecule has 0 saturated heterocycles. The predicted molar refractivity (Wildman–Crippen MR) is 111 cm³/mol. The third kappa shape index (κ3) is 4.64. The zero-order valence-electron chi connectivity index (χ0n) is 14.1. The molecule has 0 atom stereocenters. The summed E-state index contributed by atoms with van der Waals surface area (Å²) in [5.41, 5.74) is 0.194. The summed E-state index contributed by atoms with van der Waals surface area (Å²) in [6.07, 6.45) is 0.